The molecular formula is C31H31F2N3O5. The van der Waals surface area contributed by atoms with Crippen molar-refractivity contribution in [3.63, 3.8) is 0 Å². The molecule has 214 valence electrons. The summed E-state index contributed by atoms with van der Waals surface area (Å²) in [5, 5.41) is 12.1. The zero-order valence-electron chi connectivity index (χ0n) is 22.5. The van der Waals surface area contributed by atoms with E-state index < -0.39 is 48.9 Å². The number of rotatable bonds is 9. The first-order chi connectivity index (χ1) is 19.6. The van der Waals surface area contributed by atoms with Crippen LogP contribution < -0.4 is 5.32 Å². The summed E-state index contributed by atoms with van der Waals surface area (Å²) >= 11 is 0. The van der Waals surface area contributed by atoms with Crippen molar-refractivity contribution in [2.45, 2.75) is 36.9 Å². The minimum absolute atomic E-state index is 0.000160. The summed E-state index contributed by atoms with van der Waals surface area (Å²) in [6.07, 6.45) is -1.87. The second kappa shape index (κ2) is 11.7. The molecule has 5 rings (SSSR count). The van der Waals surface area contributed by atoms with Gasteiger partial charge in [0, 0.05) is 25.4 Å². The van der Waals surface area contributed by atoms with Gasteiger partial charge in [0.15, 0.2) is 0 Å². The van der Waals surface area contributed by atoms with Gasteiger partial charge < -0.3 is 20.1 Å². The molecule has 1 fully saturated rings. The van der Waals surface area contributed by atoms with Gasteiger partial charge in [0.25, 0.3) is 5.92 Å². The number of carboxylic acid groups (broad SMARTS) is 1. The molecule has 2 aliphatic rings. The Kier molecular flexibility index (Phi) is 8.03. The highest BCUT2D eigenvalue weighted by atomic mass is 19.3. The molecule has 0 aromatic heterocycles. The number of ether oxygens (including phenoxy) is 1. The van der Waals surface area contributed by atoms with E-state index in [1.807, 2.05) is 78.9 Å². The maximum absolute atomic E-state index is 14.2. The molecule has 0 bridgehead atoms. The second-order valence-electron chi connectivity index (χ2n) is 10.6. The number of carboxylic acids is 1. The number of carbonyl (C=O) groups excluding carboxylic acids is 2. The van der Waals surface area contributed by atoms with Gasteiger partial charge in [-0.2, -0.15) is 0 Å². The predicted molar refractivity (Wildman–Crippen MR) is 147 cm³/mol. The number of amides is 2. The quantitative estimate of drug-likeness (QED) is 0.402. The minimum atomic E-state index is -3.34. The number of likely N-dealkylation sites (tertiary alicyclic amines) is 1. The average molecular weight is 564 g/mol. The fraction of sp³-hybridized carbons (Fsp3) is 0.323. The van der Waals surface area contributed by atoms with Crippen LogP contribution in [0.2, 0.25) is 0 Å². The standard InChI is InChI=1S/C31H31F2N3O5/c1-35(16-20-9-3-2-4-10-20)17-26(28(37)36-19-31(32,33)15-27(36)29(38)39)34-30(40)41-18-25-23-13-7-5-11-21(23)22-12-6-8-14-24(22)25/h2-14,25-27H,15-19H2,1H3,(H,34,40)(H,38,39)/t26?,27-/m1/s1. The minimum Gasteiger partial charge on any atom is -0.480 e. The van der Waals surface area contributed by atoms with Crippen LogP contribution in [0, 0.1) is 0 Å². The Morgan fingerprint density at radius 1 is 1.00 bits per heavy atom. The van der Waals surface area contributed by atoms with Gasteiger partial charge in [-0.25, -0.2) is 18.4 Å². The number of carbonyl (C=O) groups is 3. The van der Waals surface area contributed by atoms with Gasteiger partial charge in [0.1, 0.15) is 18.7 Å². The van der Waals surface area contributed by atoms with E-state index in [-0.39, 0.29) is 19.1 Å². The zero-order valence-corrected chi connectivity index (χ0v) is 22.5. The number of likely N-dealkylation sites (N-methyl/N-ethyl adjacent to an activating group) is 1. The fourth-order valence-corrected chi connectivity index (χ4v) is 5.71. The van der Waals surface area contributed by atoms with Gasteiger partial charge in [0.2, 0.25) is 5.91 Å². The van der Waals surface area contributed by atoms with E-state index in [1.165, 1.54) is 0 Å². The predicted octanol–water partition coefficient (Wildman–Crippen LogP) is 4.35. The second-order valence-corrected chi connectivity index (χ2v) is 10.6. The van der Waals surface area contributed by atoms with E-state index in [4.69, 9.17) is 4.74 Å². The van der Waals surface area contributed by atoms with E-state index >= 15 is 0 Å². The lowest BCUT2D eigenvalue weighted by molar-refractivity contribution is -0.149. The fourth-order valence-electron chi connectivity index (χ4n) is 5.71. The highest BCUT2D eigenvalue weighted by molar-refractivity contribution is 5.90. The largest absolute Gasteiger partial charge is 0.480 e. The van der Waals surface area contributed by atoms with Crippen LogP contribution in [0.1, 0.15) is 29.0 Å². The average Bonchev–Trinajstić information content (AvgIpc) is 3.45. The van der Waals surface area contributed by atoms with Crippen molar-refractivity contribution < 1.29 is 33.0 Å². The third-order valence-corrected chi connectivity index (χ3v) is 7.56. The van der Waals surface area contributed by atoms with Crippen LogP contribution in [0.4, 0.5) is 13.6 Å². The van der Waals surface area contributed by atoms with Crippen LogP contribution in [-0.2, 0) is 20.9 Å². The van der Waals surface area contributed by atoms with Crippen molar-refractivity contribution in [2.24, 2.45) is 0 Å². The molecule has 2 N–H and O–H groups in total. The first-order valence-electron chi connectivity index (χ1n) is 13.4. The lowest BCUT2D eigenvalue weighted by Crippen LogP contribution is -2.55. The van der Waals surface area contributed by atoms with Gasteiger partial charge in [-0.3, -0.25) is 9.69 Å². The van der Waals surface area contributed by atoms with Crippen LogP contribution in [-0.4, -0.2) is 77.6 Å². The van der Waals surface area contributed by atoms with E-state index in [1.54, 1.807) is 11.9 Å². The van der Waals surface area contributed by atoms with Crippen molar-refractivity contribution in [3.8, 4) is 11.1 Å². The maximum atomic E-state index is 14.2. The summed E-state index contributed by atoms with van der Waals surface area (Å²) in [5.41, 5.74) is 5.09. The Bertz CT molecular complexity index is 1390. The van der Waals surface area contributed by atoms with Gasteiger partial charge in [-0.1, -0.05) is 78.9 Å². The number of nitrogens with one attached hydrogen (secondary N) is 1. The summed E-state index contributed by atoms with van der Waals surface area (Å²) in [6, 6.07) is 22.1. The molecular weight excluding hydrogens is 532 g/mol. The van der Waals surface area contributed by atoms with Gasteiger partial charge in [0.05, 0.1) is 6.54 Å². The number of hydrogen-bond donors (Lipinski definition) is 2. The first-order valence-corrected chi connectivity index (χ1v) is 13.4. The number of fused-ring (bicyclic) bond motifs is 3. The Hall–Kier alpha value is -4.31. The van der Waals surface area contributed by atoms with E-state index in [9.17, 15) is 28.3 Å². The van der Waals surface area contributed by atoms with Crippen molar-refractivity contribution in [3.05, 3.63) is 95.6 Å². The van der Waals surface area contributed by atoms with Gasteiger partial charge >= 0.3 is 12.1 Å². The third kappa shape index (κ3) is 6.22. The summed E-state index contributed by atoms with van der Waals surface area (Å²) < 4.78 is 34.0. The number of aliphatic carboxylic acids is 1. The molecule has 8 nitrogen and oxygen atoms in total. The van der Waals surface area contributed by atoms with Crippen LogP contribution in [0.15, 0.2) is 78.9 Å². The van der Waals surface area contributed by atoms with Crippen molar-refractivity contribution >= 4 is 18.0 Å². The van der Waals surface area contributed by atoms with Crippen molar-refractivity contribution in [1.82, 2.24) is 15.1 Å². The van der Waals surface area contributed by atoms with Crippen molar-refractivity contribution in [2.75, 3.05) is 26.7 Å². The Labute approximate surface area is 236 Å². The highest BCUT2D eigenvalue weighted by Gasteiger charge is 2.51. The number of hydrogen-bond acceptors (Lipinski definition) is 5. The van der Waals surface area contributed by atoms with Crippen molar-refractivity contribution in [1.29, 1.82) is 0 Å². The Morgan fingerprint density at radius 3 is 2.20 bits per heavy atom. The molecule has 2 atom stereocenters. The molecule has 0 radical (unpaired) electrons. The van der Waals surface area contributed by atoms with Crippen LogP contribution in [0.25, 0.3) is 11.1 Å². The number of alkyl carbamates (subject to hydrolysis) is 1. The number of alkyl halides is 2. The molecule has 1 aliphatic carbocycles. The van der Waals surface area contributed by atoms with Crippen LogP contribution >= 0.6 is 0 Å². The zero-order chi connectivity index (χ0) is 29.1. The number of halogens is 2. The molecule has 1 aliphatic heterocycles. The Morgan fingerprint density at radius 2 is 1.59 bits per heavy atom. The normalized spacial score (nSPS) is 18.0. The molecule has 41 heavy (non-hydrogen) atoms. The molecule has 3 aromatic rings. The SMILES string of the molecule is CN(Cc1ccccc1)CC(NC(=O)OCC1c2ccccc2-c2ccccc21)C(=O)N1CC(F)(F)C[C@@H]1C(=O)O. The van der Waals surface area contributed by atoms with Gasteiger partial charge in [-0.05, 0) is 34.9 Å². The summed E-state index contributed by atoms with van der Waals surface area (Å²) in [4.78, 5) is 40.7. The number of nitrogens with zero attached hydrogens (tertiary/aromatic N) is 2. The molecule has 3 aromatic carbocycles. The monoisotopic (exact) mass is 563 g/mol. The number of benzene rings is 3. The molecule has 1 heterocycles. The summed E-state index contributed by atoms with van der Waals surface area (Å²) in [6.45, 7) is -0.671. The topological polar surface area (TPSA) is 99.2 Å². The lowest BCUT2D eigenvalue weighted by atomic mass is 9.98. The maximum Gasteiger partial charge on any atom is 0.407 e. The molecule has 2 amide bonds. The summed E-state index contributed by atoms with van der Waals surface area (Å²) in [7, 11) is 1.72. The van der Waals surface area contributed by atoms with Crippen LogP contribution in [0.3, 0.4) is 0 Å². The van der Waals surface area contributed by atoms with Crippen LogP contribution in [0.5, 0.6) is 0 Å². The smallest absolute Gasteiger partial charge is 0.407 e. The highest BCUT2D eigenvalue weighted by Crippen LogP contribution is 2.44. The third-order valence-electron chi connectivity index (χ3n) is 7.56. The molecule has 0 spiro atoms. The molecule has 1 saturated heterocycles. The first kappa shape index (κ1) is 28.2. The summed E-state index contributed by atoms with van der Waals surface area (Å²) in [5.74, 6) is -5.98. The Balaban J connectivity index is 1.31. The van der Waals surface area contributed by atoms with E-state index in [2.05, 4.69) is 5.32 Å². The van der Waals surface area contributed by atoms with Gasteiger partial charge in [-0.15, -0.1) is 0 Å². The molecule has 1 unspecified atom stereocenters. The lowest BCUT2D eigenvalue weighted by Gasteiger charge is -2.29. The molecule has 10 heteroatoms. The van der Waals surface area contributed by atoms with E-state index in [0.717, 1.165) is 27.8 Å². The molecule has 0 saturated carbocycles. The van der Waals surface area contributed by atoms with E-state index in [0.29, 0.717) is 11.4 Å².